The maximum atomic E-state index is 11.1. The van der Waals surface area contributed by atoms with Crippen LogP contribution in [0.25, 0.3) is 0 Å². The van der Waals surface area contributed by atoms with Gasteiger partial charge in [-0.05, 0) is 25.3 Å². The molecule has 1 heterocycles. The fraction of sp³-hybridized carbons (Fsp3) is 0.500. The molecule has 0 saturated carbocycles. The second-order valence-electron chi connectivity index (χ2n) is 3.82. The van der Waals surface area contributed by atoms with Crippen LogP contribution >= 0.6 is 22.9 Å². The minimum atomic E-state index is -0.225. The van der Waals surface area contributed by atoms with E-state index in [9.17, 15) is 4.79 Å². The highest BCUT2D eigenvalue weighted by Gasteiger charge is 2.20. The van der Waals surface area contributed by atoms with E-state index in [0.717, 1.165) is 6.42 Å². The largest absolute Gasteiger partial charge is 0.350 e. The Labute approximate surface area is 93.3 Å². The Morgan fingerprint density at radius 3 is 2.86 bits per heavy atom. The highest BCUT2D eigenvalue weighted by atomic mass is 35.5. The van der Waals surface area contributed by atoms with Crippen molar-refractivity contribution >= 4 is 28.8 Å². The number of alkyl halides is 1. The number of rotatable bonds is 4. The van der Waals surface area contributed by atoms with Gasteiger partial charge in [-0.3, -0.25) is 4.79 Å². The van der Waals surface area contributed by atoms with Gasteiger partial charge in [-0.15, -0.1) is 22.9 Å². The first-order chi connectivity index (χ1) is 6.53. The molecule has 0 aliphatic heterocycles. The van der Waals surface area contributed by atoms with E-state index in [2.05, 4.69) is 11.4 Å². The molecule has 0 bridgehead atoms. The summed E-state index contributed by atoms with van der Waals surface area (Å²) in [5.74, 6) is -0.0957. The molecule has 0 unspecified atom stereocenters. The third kappa shape index (κ3) is 3.68. The summed E-state index contributed by atoms with van der Waals surface area (Å²) < 4.78 is 0. The van der Waals surface area contributed by atoms with Gasteiger partial charge in [0, 0.05) is 16.8 Å². The van der Waals surface area contributed by atoms with E-state index in [1.807, 2.05) is 25.3 Å². The average Bonchev–Trinajstić information content (AvgIpc) is 2.54. The zero-order valence-electron chi connectivity index (χ0n) is 8.34. The van der Waals surface area contributed by atoms with Crippen LogP contribution in [0.4, 0.5) is 0 Å². The predicted molar refractivity (Wildman–Crippen MR) is 61.0 cm³/mol. The lowest BCUT2D eigenvalue weighted by Gasteiger charge is -2.25. The Morgan fingerprint density at radius 1 is 1.64 bits per heavy atom. The minimum absolute atomic E-state index is 0.0217. The quantitative estimate of drug-likeness (QED) is 0.793. The SMILES string of the molecule is CC(C)(Cc1cccs1)NC(=O)CCl. The van der Waals surface area contributed by atoms with Gasteiger partial charge in [0.1, 0.15) is 5.88 Å². The lowest BCUT2D eigenvalue weighted by atomic mass is 10.00. The number of carbonyl (C=O) groups is 1. The Morgan fingerprint density at radius 2 is 2.36 bits per heavy atom. The summed E-state index contributed by atoms with van der Waals surface area (Å²) in [6, 6.07) is 4.08. The van der Waals surface area contributed by atoms with Crippen LogP contribution in [0.2, 0.25) is 0 Å². The fourth-order valence-electron chi connectivity index (χ4n) is 1.30. The van der Waals surface area contributed by atoms with Crippen molar-refractivity contribution in [2.75, 3.05) is 5.88 Å². The van der Waals surface area contributed by atoms with Gasteiger partial charge in [-0.2, -0.15) is 0 Å². The normalized spacial score (nSPS) is 11.4. The van der Waals surface area contributed by atoms with E-state index in [0.29, 0.717) is 0 Å². The summed E-state index contributed by atoms with van der Waals surface area (Å²) in [5.41, 5.74) is -0.225. The standard InChI is InChI=1S/C10H14ClNOS/c1-10(2,12-9(13)7-11)6-8-4-3-5-14-8/h3-5H,6-7H2,1-2H3,(H,12,13). The Bertz CT molecular complexity index is 295. The molecule has 78 valence electrons. The van der Waals surface area contributed by atoms with Crippen molar-refractivity contribution in [3.63, 3.8) is 0 Å². The molecule has 1 aromatic rings. The topological polar surface area (TPSA) is 29.1 Å². The van der Waals surface area contributed by atoms with E-state index < -0.39 is 0 Å². The molecule has 0 saturated heterocycles. The molecule has 0 atom stereocenters. The second-order valence-corrected chi connectivity index (χ2v) is 5.12. The minimum Gasteiger partial charge on any atom is -0.350 e. The van der Waals surface area contributed by atoms with Crippen LogP contribution in [0, 0.1) is 0 Å². The molecule has 1 amide bonds. The molecule has 0 aliphatic rings. The van der Waals surface area contributed by atoms with Gasteiger partial charge < -0.3 is 5.32 Å². The highest BCUT2D eigenvalue weighted by molar-refractivity contribution is 7.09. The fourth-order valence-corrected chi connectivity index (χ4v) is 2.30. The van der Waals surface area contributed by atoms with E-state index in [1.165, 1.54) is 4.88 Å². The van der Waals surface area contributed by atoms with E-state index in [1.54, 1.807) is 11.3 Å². The molecule has 1 N–H and O–H groups in total. The first-order valence-corrected chi connectivity index (χ1v) is 5.84. The zero-order chi connectivity index (χ0) is 10.6. The van der Waals surface area contributed by atoms with Crippen molar-refractivity contribution in [3.05, 3.63) is 22.4 Å². The third-order valence-corrected chi connectivity index (χ3v) is 2.91. The molecular formula is C10H14ClNOS. The van der Waals surface area contributed by atoms with Gasteiger partial charge in [0.25, 0.3) is 0 Å². The maximum Gasteiger partial charge on any atom is 0.235 e. The van der Waals surface area contributed by atoms with Gasteiger partial charge in [0.2, 0.25) is 5.91 Å². The van der Waals surface area contributed by atoms with Gasteiger partial charge in [0.15, 0.2) is 0 Å². The number of amides is 1. The predicted octanol–water partition coefficient (Wildman–Crippen LogP) is 2.42. The molecule has 0 radical (unpaired) electrons. The summed E-state index contributed by atoms with van der Waals surface area (Å²) in [6.45, 7) is 3.99. The van der Waals surface area contributed by atoms with Crippen LogP contribution in [0.15, 0.2) is 17.5 Å². The van der Waals surface area contributed by atoms with Crippen LogP contribution in [0.1, 0.15) is 18.7 Å². The van der Waals surface area contributed by atoms with Crippen LogP contribution < -0.4 is 5.32 Å². The summed E-state index contributed by atoms with van der Waals surface area (Å²) in [7, 11) is 0. The summed E-state index contributed by atoms with van der Waals surface area (Å²) in [6.07, 6.45) is 0.841. The van der Waals surface area contributed by atoms with Crippen molar-refractivity contribution in [1.82, 2.24) is 5.32 Å². The summed E-state index contributed by atoms with van der Waals surface area (Å²) in [5, 5.41) is 4.92. The van der Waals surface area contributed by atoms with Gasteiger partial charge in [0.05, 0.1) is 0 Å². The number of hydrogen-bond acceptors (Lipinski definition) is 2. The average molecular weight is 232 g/mol. The number of carbonyl (C=O) groups excluding carboxylic acids is 1. The molecule has 4 heteroatoms. The molecular weight excluding hydrogens is 218 g/mol. The van der Waals surface area contributed by atoms with Crippen molar-refractivity contribution in [3.8, 4) is 0 Å². The molecule has 0 aliphatic carbocycles. The zero-order valence-corrected chi connectivity index (χ0v) is 9.91. The number of thiophene rings is 1. The van der Waals surface area contributed by atoms with Crippen molar-refractivity contribution in [2.24, 2.45) is 0 Å². The summed E-state index contributed by atoms with van der Waals surface area (Å²) in [4.78, 5) is 12.4. The number of nitrogens with one attached hydrogen (secondary N) is 1. The van der Waals surface area contributed by atoms with Gasteiger partial charge >= 0.3 is 0 Å². The summed E-state index contributed by atoms with van der Waals surface area (Å²) >= 11 is 7.13. The van der Waals surface area contributed by atoms with Crippen LogP contribution in [-0.2, 0) is 11.2 Å². The smallest absolute Gasteiger partial charge is 0.235 e. The number of halogens is 1. The Kier molecular flexibility index (Phi) is 3.96. The van der Waals surface area contributed by atoms with Crippen molar-refractivity contribution in [1.29, 1.82) is 0 Å². The lowest BCUT2D eigenvalue weighted by molar-refractivity contribution is -0.120. The van der Waals surface area contributed by atoms with E-state index in [4.69, 9.17) is 11.6 Å². The van der Waals surface area contributed by atoms with Crippen LogP contribution in [-0.4, -0.2) is 17.3 Å². The maximum absolute atomic E-state index is 11.1. The molecule has 1 rings (SSSR count). The molecule has 2 nitrogen and oxygen atoms in total. The third-order valence-electron chi connectivity index (χ3n) is 1.80. The Balaban J connectivity index is 2.53. The Hall–Kier alpha value is -0.540. The molecule has 14 heavy (non-hydrogen) atoms. The number of hydrogen-bond donors (Lipinski definition) is 1. The molecule has 1 aromatic heterocycles. The lowest BCUT2D eigenvalue weighted by Crippen LogP contribution is -2.45. The molecule has 0 fully saturated rings. The monoisotopic (exact) mass is 231 g/mol. The molecule has 0 spiro atoms. The van der Waals surface area contributed by atoms with Gasteiger partial charge in [-0.25, -0.2) is 0 Å². The first-order valence-electron chi connectivity index (χ1n) is 4.43. The first kappa shape index (κ1) is 11.5. The highest BCUT2D eigenvalue weighted by Crippen LogP contribution is 2.17. The van der Waals surface area contributed by atoms with E-state index in [-0.39, 0.29) is 17.3 Å². The van der Waals surface area contributed by atoms with Crippen molar-refractivity contribution < 1.29 is 4.79 Å². The second kappa shape index (κ2) is 4.80. The van der Waals surface area contributed by atoms with Gasteiger partial charge in [-0.1, -0.05) is 6.07 Å². The van der Waals surface area contributed by atoms with Crippen molar-refractivity contribution in [2.45, 2.75) is 25.8 Å². The van der Waals surface area contributed by atoms with Crippen LogP contribution in [0.5, 0.6) is 0 Å². The van der Waals surface area contributed by atoms with Crippen LogP contribution in [0.3, 0.4) is 0 Å². The molecule has 0 aromatic carbocycles. The van der Waals surface area contributed by atoms with E-state index >= 15 is 0 Å².